The zero-order valence-corrected chi connectivity index (χ0v) is 16.2. The largest absolute Gasteiger partial charge is 0.444 e. The summed E-state index contributed by atoms with van der Waals surface area (Å²) in [5.41, 5.74) is -0.319. The van der Waals surface area contributed by atoms with Gasteiger partial charge in [-0.25, -0.2) is 4.79 Å². The van der Waals surface area contributed by atoms with E-state index in [1.165, 1.54) is 0 Å². The summed E-state index contributed by atoms with van der Waals surface area (Å²) in [6.07, 6.45) is 3.03. The summed E-state index contributed by atoms with van der Waals surface area (Å²) in [5.74, 6) is 0. The van der Waals surface area contributed by atoms with Crippen LogP contribution in [0.5, 0.6) is 0 Å². The van der Waals surface area contributed by atoms with Gasteiger partial charge in [-0.15, -0.1) is 0 Å². The zero-order valence-electron chi connectivity index (χ0n) is 16.2. The molecule has 0 atom stereocenters. The van der Waals surface area contributed by atoms with Crippen LogP contribution in [0.25, 0.3) is 0 Å². The predicted octanol–water partition coefficient (Wildman–Crippen LogP) is 3.28. The quantitative estimate of drug-likeness (QED) is 0.818. The molecule has 0 radical (unpaired) electrons. The van der Waals surface area contributed by atoms with Gasteiger partial charge in [-0.1, -0.05) is 0 Å². The topological polar surface area (TPSA) is 65.8 Å². The fourth-order valence-electron chi connectivity index (χ4n) is 2.75. The van der Waals surface area contributed by atoms with Crippen LogP contribution in [0.3, 0.4) is 0 Å². The summed E-state index contributed by atoms with van der Waals surface area (Å²) in [4.78, 5) is 13.7. The molecular formula is C18H29N3O4. The van der Waals surface area contributed by atoms with E-state index in [9.17, 15) is 4.79 Å². The highest BCUT2D eigenvalue weighted by Gasteiger charge is 2.50. The Morgan fingerprint density at radius 2 is 1.76 bits per heavy atom. The molecule has 2 aliphatic rings. The molecule has 7 nitrogen and oxygen atoms in total. The molecule has 3 rings (SSSR count). The molecule has 25 heavy (non-hydrogen) atoms. The molecule has 1 aromatic heterocycles. The Morgan fingerprint density at radius 3 is 2.28 bits per heavy atom. The Hall–Kier alpha value is -1.60. The van der Waals surface area contributed by atoms with Gasteiger partial charge < -0.3 is 19.1 Å². The van der Waals surface area contributed by atoms with Crippen LogP contribution in [0.2, 0.25) is 0 Å². The molecule has 2 aliphatic heterocycles. The highest BCUT2D eigenvalue weighted by molar-refractivity contribution is 5.69. The third-order valence-corrected chi connectivity index (χ3v) is 5.03. The van der Waals surface area contributed by atoms with Crippen molar-refractivity contribution >= 4 is 6.09 Å². The van der Waals surface area contributed by atoms with Gasteiger partial charge in [0.05, 0.1) is 23.4 Å². The van der Waals surface area contributed by atoms with Crippen molar-refractivity contribution in [3.63, 3.8) is 0 Å². The lowest BCUT2D eigenvalue weighted by molar-refractivity contribution is -0.0897. The van der Waals surface area contributed by atoms with Crippen molar-refractivity contribution < 1.29 is 19.0 Å². The number of hydrogen-bond donors (Lipinski definition) is 0. The maximum absolute atomic E-state index is 12.0. The second-order valence-corrected chi connectivity index (χ2v) is 8.88. The minimum absolute atomic E-state index is 0.156. The Labute approximate surface area is 149 Å². The van der Waals surface area contributed by atoms with Crippen molar-refractivity contribution in [2.45, 2.75) is 77.6 Å². The van der Waals surface area contributed by atoms with Crippen molar-refractivity contribution in [2.75, 3.05) is 13.1 Å². The third kappa shape index (κ3) is 3.53. The first kappa shape index (κ1) is 18.2. The first-order valence-corrected chi connectivity index (χ1v) is 8.76. The summed E-state index contributed by atoms with van der Waals surface area (Å²) >= 11 is 0. The number of ether oxygens (including phenoxy) is 3. The summed E-state index contributed by atoms with van der Waals surface area (Å²) in [7, 11) is 0. The second kappa shape index (κ2) is 5.71. The molecule has 0 bridgehead atoms. The molecule has 0 N–H and O–H groups in total. The fraction of sp³-hybridized carbons (Fsp3) is 0.778. The van der Waals surface area contributed by atoms with E-state index in [0.717, 1.165) is 5.56 Å². The molecule has 3 heterocycles. The van der Waals surface area contributed by atoms with Gasteiger partial charge in [-0.2, -0.15) is 5.10 Å². The molecule has 7 heteroatoms. The van der Waals surface area contributed by atoms with Gasteiger partial charge in [0.25, 0.3) is 0 Å². The van der Waals surface area contributed by atoms with Crippen molar-refractivity contribution in [1.82, 2.24) is 14.7 Å². The van der Waals surface area contributed by atoms with Gasteiger partial charge in [0.2, 0.25) is 0 Å². The molecule has 0 unspecified atom stereocenters. The SMILES string of the molecule is CC(C)(C)OC(=O)N1CC(n2cc(C3OC(C)(C)C(C)(C)O3)cn2)C1. The number of amides is 1. The number of aromatic nitrogens is 2. The van der Waals surface area contributed by atoms with Gasteiger partial charge in [0.15, 0.2) is 6.29 Å². The van der Waals surface area contributed by atoms with Crippen molar-refractivity contribution in [3.05, 3.63) is 18.0 Å². The number of nitrogens with zero attached hydrogens (tertiary/aromatic N) is 3. The lowest BCUT2D eigenvalue weighted by Crippen LogP contribution is -2.52. The van der Waals surface area contributed by atoms with Crippen molar-refractivity contribution in [3.8, 4) is 0 Å². The number of hydrogen-bond acceptors (Lipinski definition) is 5. The van der Waals surface area contributed by atoms with Crippen molar-refractivity contribution in [1.29, 1.82) is 0 Å². The van der Waals surface area contributed by atoms with Crippen LogP contribution in [0, 0.1) is 0 Å². The molecular weight excluding hydrogens is 322 g/mol. The fourth-order valence-corrected chi connectivity index (χ4v) is 2.75. The van der Waals surface area contributed by atoms with Crippen LogP contribution >= 0.6 is 0 Å². The molecule has 0 saturated carbocycles. The first-order chi connectivity index (χ1) is 11.4. The smallest absolute Gasteiger partial charge is 0.410 e. The van der Waals surface area contributed by atoms with Crippen LogP contribution in [0.4, 0.5) is 4.79 Å². The van der Waals surface area contributed by atoms with E-state index in [2.05, 4.69) is 5.10 Å². The molecule has 140 valence electrons. The molecule has 1 aromatic rings. The predicted molar refractivity (Wildman–Crippen MR) is 92.1 cm³/mol. The minimum atomic E-state index is -0.474. The van der Waals surface area contributed by atoms with Crippen LogP contribution in [-0.2, 0) is 14.2 Å². The van der Waals surface area contributed by atoms with E-state index in [1.54, 1.807) is 11.1 Å². The molecule has 2 saturated heterocycles. The zero-order chi connectivity index (χ0) is 18.6. The Kier molecular flexibility index (Phi) is 4.15. The Morgan fingerprint density at radius 1 is 1.20 bits per heavy atom. The number of likely N-dealkylation sites (tertiary alicyclic amines) is 1. The highest BCUT2D eigenvalue weighted by Crippen LogP contribution is 2.44. The number of rotatable bonds is 2. The molecule has 2 fully saturated rings. The lowest BCUT2D eigenvalue weighted by Gasteiger charge is -2.39. The lowest BCUT2D eigenvalue weighted by atomic mass is 9.90. The van der Waals surface area contributed by atoms with Crippen LogP contribution < -0.4 is 0 Å². The average Bonchev–Trinajstić information content (AvgIpc) is 2.89. The average molecular weight is 351 g/mol. The minimum Gasteiger partial charge on any atom is -0.444 e. The van der Waals surface area contributed by atoms with Crippen LogP contribution in [0.1, 0.15) is 66.4 Å². The van der Waals surface area contributed by atoms with E-state index in [1.807, 2.05) is 59.3 Å². The number of carbonyl (C=O) groups is 1. The summed E-state index contributed by atoms with van der Waals surface area (Å²) in [5, 5.41) is 4.42. The van der Waals surface area contributed by atoms with Gasteiger partial charge in [-0.05, 0) is 48.5 Å². The van der Waals surface area contributed by atoms with E-state index >= 15 is 0 Å². The van der Waals surface area contributed by atoms with E-state index in [-0.39, 0.29) is 23.3 Å². The third-order valence-electron chi connectivity index (χ3n) is 5.03. The van der Waals surface area contributed by atoms with Crippen LogP contribution in [-0.4, -0.2) is 50.7 Å². The van der Waals surface area contributed by atoms with Gasteiger partial charge in [0, 0.05) is 24.8 Å². The van der Waals surface area contributed by atoms with Gasteiger partial charge in [0.1, 0.15) is 5.60 Å². The summed E-state index contributed by atoms with van der Waals surface area (Å²) in [6.45, 7) is 14.9. The maximum Gasteiger partial charge on any atom is 0.410 e. The monoisotopic (exact) mass is 351 g/mol. The maximum atomic E-state index is 12.0. The normalized spacial score (nSPS) is 23.6. The number of carbonyl (C=O) groups excluding carboxylic acids is 1. The molecule has 0 aliphatic carbocycles. The molecule has 0 spiro atoms. The standard InChI is InChI=1S/C18H29N3O4/c1-16(2,3)25-15(22)20-10-13(11-20)21-9-12(8-19-21)14-23-17(4,5)18(6,7)24-14/h8-9,13-14H,10-11H2,1-7H3. The molecule has 0 aromatic carbocycles. The first-order valence-electron chi connectivity index (χ1n) is 8.76. The highest BCUT2D eigenvalue weighted by atomic mass is 16.7. The van der Waals surface area contributed by atoms with Crippen molar-refractivity contribution in [2.24, 2.45) is 0 Å². The van der Waals surface area contributed by atoms with Gasteiger partial charge >= 0.3 is 6.09 Å². The van der Waals surface area contributed by atoms with E-state index in [0.29, 0.717) is 13.1 Å². The van der Waals surface area contributed by atoms with Gasteiger partial charge in [-0.3, -0.25) is 4.68 Å². The Balaban J connectivity index is 1.59. The van der Waals surface area contributed by atoms with E-state index < -0.39 is 11.9 Å². The van der Waals surface area contributed by atoms with Crippen LogP contribution in [0.15, 0.2) is 12.4 Å². The Bertz CT molecular complexity index is 638. The van der Waals surface area contributed by atoms with E-state index in [4.69, 9.17) is 14.2 Å². The summed E-state index contributed by atoms with van der Waals surface area (Å²) in [6, 6.07) is 0.156. The second-order valence-electron chi connectivity index (χ2n) is 8.88. The summed E-state index contributed by atoms with van der Waals surface area (Å²) < 4.78 is 19.3. The molecule has 1 amide bonds.